The van der Waals surface area contributed by atoms with Crippen molar-refractivity contribution in [1.82, 2.24) is 0 Å². The van der Waals surface area contributed by atoms with Crippen LogP contribution in [0, 0.1) is 18.3 Å². The number of anilines is 1. The van der Waals surface area contributed by atoms with E-state index in [-0.39, 0.29) is 43.8 Å². The summed E-state index contributed by atoms with van der Waals surface area (Å²) in [6.07, 6.45) is -0.0483. The van der Waals surface area contributed by atoms with E-state index in [9.17, 15) is 23.1 Å². The third kappa shape index (κ3) is 7.10. The molecule has 0 aliphatic heterocycles. The monoisotopic (exact) mass is 572 g/mol. The van der Waals surface area contributed by atoms with E-state index in [4.69, 9.17) is 33.2 Å². The number of nitrogens with one attached hydrogen (secondary N) is 1. The van der Waals surface area contributed by atoms with Gasteiger partial charge < -0.3 is 15.2 Å². The first kappa shape index (κ1) is 28.7. The number of carbonyl (C=O) groups excluding carboxylic acids is 2. The molecule has 0 fully saturated rings. The molecule has 0 aromatic heterocycles. The zero-order valence-corrected chi connectivity index (χ0v) is 22.4. The summed E-state index contributed by atoms with van der Waals surface area (Å²) in [5, 5.41) is 23.7. The van der Waals surface area contributed by atoms with Crippen molar-refractivity contribution in [3.05, 3.63) is 86.9 Å². The second-order valence-electron chi connectivity index (χ2n) is 7.94. The van der Waals surface area contributed by atoms with Gasteiger partial charge in [-0.2, -0.15) is 18.1 Å². The molecule has 196 valence electrons. The van der Waals surface area contributed by atoms with E-state index >= 15 is 0 Å². The summed E-state index contributed by atoms with van der Waals surface area (Å²) < 4.78 is 33.3. The third-order valence-electron chi connectivity index (χ3n) is 5.13. The predicted molar refractivity (Wildman–Crippen MR) is 141 cm³/mol. The Morgan fingerprint density at radius 2 is 1.82 bits per heavy atom. The summed E-state index contributed by atoms with van der Waals surface area (Å²) in [5.74, 6) is -1.79. The van der Waals surface area contributed by atoms with Gasteiger partial charge in [0.1, 0.15) is 5.75 Å². The molecular weight excluding hydrogens is 553 g/mol. The van der Waals surface area contributed by atoms with Gasteiger partial charge >= 0.3 is 0 Å². The van der Waals surface area contributed by atoms with Gasteiger partial charge in [-0.15, -0.1) is 0 Å². The number of halogens is 2. The van der Waals surface area contributed by atoms with E-state index < -0.39 is 34.2 Å². The van der Waals surface area contributed by atoms with Crippen LogP contribution in [0.3, 0.4) is 0 Å². The minimum atomic E-state index is -4.16. The molecule has 3 rings (SSSR count). The van der Waals surface area contributed by atoms with Crippen molar-refractivity contribution in [3.63, 3.8) is 0 Å². The van der Waals surface area contributed by atoms with Crippen molar-refractivity contribution in [3.8, 4) is 11.8 Å². The quantitative estimate of drug-likeness (QED) is 0.228. The standard InChI is InChI=1S/C26H21Cl2N3O6S/c1-3-24(32)31-38(35,36)20-5-6-22(15(2)8-20)30-25(33)14-37-23-7-4-18(27)12-21(23)26(34)17-9-16(13-29)10-19(28)11-17/h4-12H,3,14H2,1-2H3,(H,30,33)(H,31,32)/p-1. The summed E-state index contributed by atoms with van der Waals surface area (Å²) in [7, 11) is -4.16. The Labute approximate surface area is 229 Å². The van der Waals surface area contributed by atoms with Crippen LogP contribution in [-0.4, -0.2) is 32.6 Å². The summed E-state index contributed by atoms with van der Waals surface area (Å²) in [6.45, 7) is 2.59. The van der Waals surface area contributed by atoms with Crippen molar-refractivity contribution in [2.45, 2.75) is 25.2 Å². The van der Waals surface area contributed by atoms with Crippen LogP contribution in [0.4, 0.5) is 5.69 Å². The van der Waals surface area contributed by atoms with Crippen molar-refractivity contribution >= 4 is 56.5 Å². The number of ketones is 1. The largest absolute Gasteiger partial charge is 0.861 e. The van der Waals surface area contributed by atoms with Gasteiger partial charge in [-0.1, -0.05) is 30.1 Å². The first-order valence-electron chi connectivity index (χ1n) is 11.0. The number of nitriles is 1. The topological polar surface area (TPSA) is 149 Å². The highest BCUT2D eigenvalue weighted by Crippen LogP contribution is 2.27. The average molecular weight is 573 g/mol. The highest BCUT2D eigenvalue weighted by Gasteiger charge is 2.19. The molecule has 1 N–H and O–H groups in total. The van der Waals surface area contributed by atoms with Gasteiger partial charge in [0.15, 0.2) is 12.4 Å². The second-order valence-corrected chi connectivity index (χ2v) is 10.4. The molecule has 0 radical (unpaired) electrons. The van der Waals surface area contributed by atoms with E-state index in [2.05, 4.69) is 9.71 Å². The fourth-order valence-electron chi connectivity index (χ4n) is 3.26. The highest BCUT2D eigenvalue weighted by atomic mass is 35.5. The van der Waals surface area contributed by atoms with Crippen molar-refractivity contribution in [2.24, 2.45) is 4.40 Å². The summed E-state index contributed by atoms with van der Waals surface area (Å²) in [4.78, 5) is 25.5. The van der Waals surface area contributed by atoms with Gasteiger partial charge in [-0.3, -0.25) is 9.59 Å². The minimum Gasteiger partial charge on any atom is -0.861 e. The molecule has 0 heterocycles. The predicted octanol–water partition coefficient (Wildman–Crippen LogP) is 4.28. The zero-order valence-electron chi connectivity index (χ0n) is 20.1. The van der Waals surface area contributed by atoms with Gasteiger partial charge in [0.2, 0.25) is 0 Å². The lowest BCUT2D eigenvalue weighted by atomic mass is 10.0. The summed E-state index contributed by atoms with van der Waals surface area (Å²) in [6, 6.07) is 14.3. The van der Waals surface area contributed by atoms with Crippen LogP contribution in [0.5, 0.6) is 5.75 Å². The molecular formula is C26H20Cl2N3O6S-. The van der Waals surface area contributed by atoms with E-state index in [1.807, 2.05) is 6.07 Å². The molecule has 9 nitrogen and oxygen atoms in total. The average Bonchev–Trinajstić information content (AvgIpc) is 2.87. The normalized spacial score (nSPS) is 11.5. The number of amides is 1. The molecule has 38 heavy (non-hydrogen) atoms. The number of carbonyl (C=O) groups is 2. The Morgan fingerprint density at radius 3 is 2.47 bits per heavy atom. The van der Waals surface area contributed by atoms with Crippen LogP contribution in [0.2, 0.25) is 10.0 Å². The number of hydrogen-bond donors (Lipinski definition) is 1. The molecule has 0 bridgehead atoms. The number of aryl methyl sites for hydroxylation is 1. The lowest BCUT2D eigenvalue weighted by Gasteiger charge is -2.13. The number of hydrogen-bond acceptors (Lipinski definition) is 7. The van der Waals surface area contributed by atoms with Gasteiger partial charge in [0.05, 0.1) is 22.1 Å². The Balaban J connectivity index is 1.76. The van der Waals surface area contributed by atoms with Crippen LogP contribution < -0.4 is 15.2 Å². The molecule has 0 unspecified atom stereocenters. The highest BCUT2D eigenvalue weighted by molar-refractivity contribution is 7.90. The van der Waals surface area contributed by atoms with Gasteiger partial charge in [-0.05, 0) is 79.4 Å². The Morgan fingerprint density at radius 1 is 1.08 bits per heavy atom. The molecule has 3 aromatic carbocycles. The van der Waals surface area contributed by atoms with E-state index in [1.165, 1.54) is 61.5 Å². The third-order valence-corrected chi connectivity index (χ3v) is 6.88. The first-order valence-corrected chi connectivity index (χ1v) is 13.2. The zero-order chi connectivity index (χ0) is 28.0. The van der Waals surface area contributed by atoms with Gasteiger partial charge in [-0.25, -0.2) is 0 Å². The molecule has 3 aromatic rings. The molecule has 12 heteroatoms. The number of rotatable bonds is 9. The molecule has 1 amide bonds. The van der Waals surface area contributed by atoms with E-state index in [0.29, 0.717) is 11.3 Å². The van der Waals surface area contributed by atoms with Gasteiger partial charge in [0.25, 0.3) is 15.9 Å². The minimum absolute atomic E-state index is 0.0483. The maximum absolute atomic E-state index is 13.1. The van der Waals surface area contributed by atoms with Crippen molar-refractivity contribution in [2.75, 3.05) is 11.9 Å². The second kappa shape index (κ2) is 12.1. The van der Waals surface area contributed by atoms with Crippen LogP contribution >= 0.6 is 23.2 Å². The molecule has 0 aliphatic carbocycles. The van der Waals surface area contributed by atoms with Crippen LogP contribution in [0.15, 0.2) is 63.9 Å². The Kier molecular flexibility index (Phi) is 9.12. The maximum atomic E-state index is 13.1. The number of nitrogens with zero attached hydrogens (tertiary/aromatic N) is 2. The van der Waals surface area contributed by atoms with Crippen molar-refractivity contribution in [1.29, 1.82) is 5.26 Å². The Hall–Kier alpha value is -3.91. The Bertz CT molecular complexity index is 1600. The molecule has 0 spiro atoms. The van der Waals surface area contributed by atoms with Crippen LogP contribution in [0.25, 0.3) is 0 Å². The van der Waals surface area contributed by atoms with Crippen LogP contribution in [0.1, 0.15) is 40.4 Å². The smallest absolute Gasteiger partial charge is 0.281 e. The summed E-state index contributed by atoms with van der Waals surface area (Å²) in [5.41, 5.74) is 1.13. The van der Waals surface area contributed by atoms with Crippen molar-refractivity contribution < 1.29 is 27.9 Å². The number of sulfonamides is 1. The molecule has 0 aliphatic rings. The number of benzene rings is 3. The SMILES string of the molecule is CC/C([O-])=N/S(=O)(=O)c1ccc(NC(=O)COc2ccc(Cl)cc2C(=O)c2cc(Cl)cc(C#N)c2)c(C)c1. The first-order chi connectivity index (χ1) is 17.9. The van der Waals surface area contributed by atoms with E-state index in [1.54, 1.807) is 6.92 Å². The molecule has 0 saturated carbocycles. The fourth-order valence-corrected chi connectivity index (χ4v) is 4.74. The molecule has 0 saturated heterocycles. The fraction of sp³-hybridized carbons (Fsp3) is 0.154. The number of ether oxygens (including phenoxy) is 1. The molecule has 0 atom stereocenters. The van der Waals surface area contributed by atoms with Crippen LogP contribution in [-0.2, 0) is 14.8 Å². The van der Waals surface area contributed by atoms with E-state index in [0.717, 1.165) is 0 Å². The lowest BCUT2D eigenvalue weighted by Crippen LogP contribution is -2.21. The summed E-state index contributed by atoms with van der Waals surface area (Å²) >= 11 is 12.1. The maximum Gasteiger partial charge on any atom is 0.281 e. The lowest BCUT2D eigenvalue weighted by molar-refractivity contribution is -0.217. The van der Waals surface area contributed by atoms with Gasteiger partial charge in [0, 0.05) is 21.3 Å².